The van der Waals surface area contributed by atoms with Crippen molar-refractivity contribution in [2.45, 2.75) is 26.2 Å². The summed E-state index contributed by atoms with van der Waals surface area (Å²) in [6, 6.07) is 15.6. The zero-order valence-electron chi connectivity index (χ0n) is 17.2. The second-order valence-corrected chi connectivity index (χ2v) is 7.33. The number of benzene rings is 2. The lowest BCUT2D eigenvalue weighted by Gasteiger charge is -2.21. The van der Waals surface area contributed by atoms with E-state index in [0.717, 1.165) is 30.1 Å². The molecule has 154 valence electrons. The average molecular weight is 396 g/mol. The lowest BCUT2D eigenvalue weighted by Crippen LogP contribution is -2.38. The molecule has 0 aliphatic carbocycles. The minimum Gasteiger partial charge on any atom is -0.497 e. The van der Waals surface area contributed by atoms with Crippen LogP contribution in [0.3, 0.4) is 0 Å². The first-order valence-electron chi connectivity index (χ1n) is 10.1. The molecule has 3 rings (SSSR count). The fourth-order valence-corrected chi connectivity index (χ4v) is 3.51. The standard InChI is InChI=1S/C23H29N3O3/c1-18(27)26(16-13-19-5-11-22(29-2)12-6-19)17-23(28)24-20-7-9-21(10-8-20)25-14-3-4-15-25/h5-12H,3-4,13-17H2,1-2H3,(H,24,28). The van der Waals surface area contributed by atoms with Crippen LogP contribution in [0, 0.1) is 0 Å². The molecule has 0 radical (unpaired) electrons. The maximum absolute atomic E-state index is 12.4. The molecule has 1 saturated heterocycles. The van der Waals surface area contributed by atoms with E-state index in [0.29, 0.717) is 13.0 Å². The summed E-state index contributed by atoms with van der Waals surface area (Å²) in [7, 11) is 1.63. The van der Waals surface area contributed by atoms with Gasteiger partial charge in [-0.2, -0.15) is 0 Å². The van der Waals surface area contributed by atoms with Gasteiger partial charge in [0, 0.05) is 37.9 Å². The van der Waals surface area contributed by atoms with Gasteiger partial charge < -0.3 is 19.9 Å². The highest BCUT2D eigenvalue weighted by Crippen LogP contribution is 2.22. The number of rotatable bonds is 8. The maximum Gasteiger partial charge on any atom is 0.243 e. The second-order valence-electron chi connectivity index (χ2n) is 7.33. The summed E-state index contributed by atoms with van der Waals surface area (Å²) in [5.41, 5.74) is 3.02. The van der Waals surface area contributed by atoms with Crippen molar-refractivity contribution < 1.29 is 14.3 Å². The minimum atomic E-state index is -0.191. The lowest BCUT2D eigenvalue weighted by atomic mass is 10.1. The molecule has 0 spiro atoms. The van der Waals surface area contributed by atoms with Gasteiger partial charge >= 0.3 is 0 Å². The molecule has 0 unspecified atom stereocenters. The summed E-state index contributed by atoms with van der Waals surface area (Å²) in [4.78, 5) is 28.3. The van der Waals surface area contributed by atoms with Crippen LogP contribution in [0.2, 0.25) is 0 Å². The van der Waals surface area contributed by atoms with E-state index in [2.05, 4.69) is 10.2 Å². The fraction of sp³-hybridized carbons (Fsp3) is 0.391. The number of methoxy groups -OCH3 is 1. The number of amides is 2. The molecule has 1 heterocycles. The summed E-state index contributed by atoms with van der Waals surface area (Å²) < 4.78 is 5.16. The molecule has 1 aliphatic heterocycles. The summed E-state index contributed by atoms with van der Waals surface area (Å²) in [6.07, 6.45) is 3.15. The zero-order chi connectivity index (χ0) is 20.6. The first-order chi connectivity index (χ1) is 14.0. The zero-order valence-corrected chi connectivity index (χ0v) is 17.2. The average Bonchev–Trinajstić information content (AvgIpc) is 3.26. The van der Waals surface area contributed by atoms with E-state index in [9.17, 15) is 9.59 Å². The predicted molar refractivity (Wildman–Crippen MR) is 115 cm³/mol. The van der Waals surface area contributed by atoms with E-state index in [1.807, 2.05) is 48.5 Å². The normalized spacial score (nSPS) is 13.2. The fourth-order valence-electron chi connectivity index (χ4n) is 3.51. The molecule has 2 aromatic carbocycles. The Bertz CT molecular complexity index is 812. The van der Waals surface area contributed by atoms with Gasteiger partial charge in [-0.25, -0.2) is 0 Å². The highest BCUT2D eigenvalue weighted by Gasteiger charge is 2.15. The number of carbonyl (C=O) groups is 2. The van der Waals surface area contributed by atoms with Crippen LogP contribution >= 0.6 is 0 Å². The molecule has 2 aromatic rings. The van der Waals surface area contributed by atoms with Crippen molar-refractivity contribution >= 4 is 23.2 Å². The van der Waals surface area contributed by atoms with Gasteiger partial charge in [0.25, 0.3) is 0 Å². The van der Waals surface area contributed by atoms with Gasteiger partial charge in [-0.1, -0.05) is 12.1 Å². The highest BCUT2D eigenvalue weighted by molar-refractivity contribution is 5.94. The molecule has 2 amide bonds. The van der Waals surface area contributed by atoms with E-state index in [1.54, 1.807) is 12.0 Å². The Kier molecular flexibility index (Phi) is 7.11. The van der Waals surface area contributed by atoms with E-state index in [4.69, 9.17) is 4.74 Å². The van der Waals surface area contributed by atoms with Gasteiger partial charge in [-0.3, -0.25) is 9.59 Å². The van der Waals surface area contributed by atoms with Crippen molar-refractivity contribution in [1.29, 1.82) is 0 Å². The van der Waals surface area contributed by atoms with Crippen LogP contribution in [0.1, 0.15) is 25.3 Å². The molecular weight excluding hydrogens is 366 g/mol. The van der Waals surface area contributed by atoms with Crippen LogP contribution in [0.5, 0.6) is 5.75 Å². The lowest BCUT2D eigenvalue weighted by molar-refractivity contribution is -0.132. The van der Waals surface area contributed by atoms with Crippen LogP contribution in [0.15, 0.2) is 48.5 Å². The van der Waals surface area contributed by atoms with E-state index in [1.165, 1.54) is 25.5 Å². The Morgan fingerprint density at radius 3 is 2.28 bits per heavy atom. The molecule has 6 heteroatoms. The number of carbonyl (C=O) groups excluding carboxylic acids is 2. The van der Waals surface area contributed by atoms with Crippen molar-refractivity contribution in [2.24, 2.45) is 0 Å². The third-order valence-electron chi connectivity index (χ3n) is 5.23. The quantitative estimate of drug-likeness (QED) is 0.745. The second kappa shape index (κ2) is 9.96. The maximum atomic E-state index is 12.4. The van der Waals surface area contributed by atoms with Crippen LogP contribution < -0.4 is 15.0 Å². The molecular formula is C23H29N3O3. The van der Waals surface area contributed by atoms with Crippen molar-refractivity contribution in [3.8, 4) is 5.75 Å². The Balaban J connectivity index is 1.51. The van der Waals surface area contributed by atoms with Gasteiger partial charge in [0.2, 0.25) is 11.8 Å². The molecule has 0 saturated carbocycles. The van der Waals surface area contributed by atoms with Crippen molar-refractivity contribution in [3.05, 3.63) is 54.1 Å². The van der Waals surface area contributed by atoms with Gasteiger partial charge in [-0.05, 0) is 61.2 Å². The molecule has 29 heavy (non-hydrogen) atoms. The summed E-state index contributed by atoms with van der Waals surface area (Å²) in [5.74, 6) is 0.495. The van der Waals surface area contributed by atoms with E-state index in [-0.39, 0.29) is 18.4 Å². The van der Waals surface area contributed by atoms with Crippen molar-refractivity contribution in [1.82, 2.24) is 4.90 Å². The van der Waals surface area contributed by atoms with Crippen molar-refractivity contribution in [3.63, 3.8) is 0 Å². The van der Waals surface area contributed by atoms with Crippen LogP contribution in [-0.2, 0) is 16.0 Å². The molecule has 1 aliphatic rings. The third-order valence-corrected chi connectivity index (χ3v) is 5.23. The molecule has 1 fully saturated rings. The first kappa shape index (κ1) is 20.7. The number of anilines is 2. The molecule has 0 bridgehead atoms. The number of ether oxygens (including phenoxy) is 1. The van der Waals surface area contributed by atoms with Gasteiger partial charge in [-0.15, -0.1) is 0 Å². The molecule has 0 atom stereocenters. The van der Waals surface area contributed by atoms with Crippen molar-refractivity contribution in [2.75, 3.05) is 43.5 Å². The topological polar surface area (TPSA) is 61.9 Å². The monoisotopic (exact) mass is 395 g/mol. The molecule has 0 aromatic heterocycles. The predicted octanol–water partition coefficient (Wildman–Crippen LogP) is 3.33. The summed E-state index contributed by atoms with van der Waals surface area (Å²) >= 11 is 0. The van der Waals surface area contributed by atoms with Gasteiger partial charge in [0.1, 0.15) is 5.75 Å². The van der Waals surface area contributed by atoms with Crippen LogP contribution in [0.25, 0.3) is 0 Å². The molecule has 6 nitrogen and oxygen atoms in total. The van der Waals surface area contributed by atoms with Gasteiger partial charge in [0.15, 0.2) is 0 Å². The Hall–Kier alpha value is -3.02. The Morgan fingerprint density at radius 2 is 1.69 bits per heavy atom. The van der Waals surface area contributed by atoms with Gasteiger partial charge in [0.05, 0.1) is 13.7 Å². The summed E-state index contributed by atoms with van der Waals surface area (Å²) in [6.45, 7) is 4.20. The molecule has 1 N–H and O–H groups in total. The van der Waals surface area contributed by atoms with Crippen LogP contribution in [0.4, 0.5) is 11.4 Å². The smallest absolute Gasteiger partial charge is 0.243 e. The Labute approximate surface area is 172 Å². The number of nitrogens with zero attached hydrogens (tertiary/aromatic N) is 2. The number of nitrogens with one attached hydrogen (secondary N) is 1. The largest absolute Gasteiger partial charge is 0.497 e. The van der Waals surface area contributed by atoms with E-state index >= 15 is 0 Å². The summed E-state index contributed by atoms with van der Waals surface area (Å²) in [5, 5.41) is 2.89. The SMILES string of the molecule is COc1ccc(CCN(CC(=O)Nc2ccc(N3CCCC3)cc2)C(C)=O)cc1. The minimum absolute atomic E-state index is 0.0410. The third kappa shape index (κ3) is 5.98. The first-order valence-corrected chi connectivity index (χ1v) is 10.1. The van der Waals surface area contributed by atoms with Crippen LogP contribution in [-0.4, -0.2) is 50.0 Å². The number of hydrogen-bond donors (Lipinski definition) is 1. The number of hydrogen-bond acceptors (Lipinski definition) is 4. The Morgan fingerprint density at radius 1 is 1.03 bits per heavy atom. The van der Waals surface area contributed by atoms with E-state index < -0.39 is 0 Å². The highest BCUT2D eigenvalue weighted by atomic mass is 16.5.